The number of thiazole rings is 1. The summed E-state index contributed by atoms with van der Waals surface area (Å²) in [5, 5.41) is 4.28. The van der Waals surface area contributed by atoms with Crippen molar-refractivity contribution in [3.8, 4) is 10.4 Å². The second kappa shape index (κ2) is 8.08. The first kappa shape index (κ1) is 18.2. The number of anilines is 2. The highest BCUT2D eigenvalue weighted by molar-refractivity contribution is 9.10. The summed E-state index contributed by atoms with van der Waals surface area (Å²) in [6, 6.07) is 16.8. The summed E-state index contributed by atoms with van der Waals surface area (Å²) in [4.78, 5) is 5.62. The van der Waals surface area contributed by atoms with Crippen molar-refractivity contribution in [2.75, 3.05) is 5.32 Å². The minimum Gasteiger partial charge on any atom is -0.332 e. The van der Waals surface area contributed by atoms with Gasteiger partial charge in [-0.2, -0.15) is 0 Å². The fourth-order valence-corrected chi connectivity index (χ4v) is 3.26. The Bertz CT molecular complexity index is 749. The number of nitrogens with one attached hydrogen (secondary N) is 1. The van der Waals surface area contributed by atoms with Crippen LogP contribution in [0.15, 0.2) is 59.2 Å². The van der Waals surface area contributed by atoms with Gasteiger partial charge in [0.15, 0.2) is 5.13 Å². The van der Waals surface area contributed by atoms with Gasteiger partial charge in [-0.3, -0.25) is 0 Å². The first-order valence-corrected chi connectivity index (χ1v) is 8.81. The number of hydrogen-bond acceptors (Lipinski definition) is 3. The topological polar surface area (TPSA) is 24.9 Å². The highest BCUT2D eigenvalue weighted by atomic mass is 79.9. The van der Waals surface area contributed by atoms with Crippen molar-refractivity contribution in [1.29, 1.82) is 0 Å². The Labute approximate surface area is 159 Å². The lowest BCUT2D eigenvalue weighted by Crippen LogP contribution is -1.91. The minimum atomic E-state index is 0. The van der Waals surface area contributed by atoms with Gasteiger partial charge in [-0.15, -0.1) is 17.0 Å². The molecule has 1 heterocycles. The van der Waals surface area contributed by atoms with Crippen molar-refractivity contribution in [1.82, 2.24) is 4.98 Å². The SMILES string of the molecule is Br.CC(C)c1ccc(Nc2ncc(-c3ccc(Br)cc3)s2)cc1. The van der Waals surface area contributed by atoms with Crippen molar-refractivity contribution in [2.24, 2.45) is 0 Å². The molecule has 0 amide bonds. The molecule has 0 radical (unpaired) electrons. The van der Waals surface area contributed by atoms with Gasteiger partial charge in [0.2, 0.25) is 0 Å². The Morgan fingerprint density at radius 2 is 1.65 bits per heavy atom. The number of benzene rings is 2. The second-order valence-electron chi connectivity index (χ2n) is 5.44. The number of halogens is 2. The van der Waals surface area contributed by atoms with Gasteiger partial charge in [0.05, 0.1) is 4.88 Å². The molecule has 2 nitrogen and oxygen atoms in total. The Balaban J connectivity index is 0.00000192. The maximum atomic E-state index is 4.46. The Morgan fingerprint density at radius 3 is 2.26 bits per heavy atom. The number of nitrogens with zero attached hydrogens (tertiary/aromatic N) is 1. The smallest absolute Gasteiger partial charge is 0.187 e. The molecule has 0 aliphatic heterocycles. The van der Waals surface area contributed by atoms with Crippen LogP contribution in [0.2, 0.25) is 0 Å². The van der Waals surface area contributed by atoms with Crippen LogP contribution in [-0.4, -0.2) is 4.98 Å². The molecule has 3 aromatic rings. The van der Waals surface area contributed by atoms with Crippen LogP contribution in [0.5, 0.6) is 0 Å². The molecule has 0 aliphatic carbocycles. The zero-order chi connectivity index (χ0) is 15.5. The Morgan fingerprint density at radius 1 is 1.00 bits per heavy atom. The summed E-state index contributed by atoms with van der Waals surface area (Å²) < 4.78 is 1.09. The van der Waals surface area contributed by atoms with E-state index in [0.29, 0.717) is 5.92 Å². The molecule has 5 heteroatoms. The molecule has 0 fully saturated rings. The van der Waals surface area contributed by atoms with E-state index in [2.05, 4.69) is 76.5 Å². The van der Waals surface area contributed by atoms with Gasteiger partial charge in [0, 0.05) is 16.4 Å². The molecule has 3 rings (SSSR count). The molecule has 0 aliphatic rings. The quantitative estimate of drug-likeness (QED) is 0.459. The first-order valence-electron chi connectivity index (χ1n) is 7.20. The van der Waals surface area contributed by atoms with Gasteiger partial charge in [-0.1, -0.05) is 65.4 Å². The number of rotatable bonds is 4. The lowest BCUT2D eigenvalue weighted by Gasteiger charge is -2.07. The fraction of sp³-hybridized carbons (Fsp3) is 0.167. The van der Waals surface area contributed by atoms with Crippen LogP contribution in [0.25, 0.3) is 10.4 Å². The predicted molar refractivity (Wildman–Crippen MR) is 109 cm³/mol. The summed E-state index contributed by atoms with van der Waals surface area (Å²) in [7, 11) is 0. The number of aromatic nitrogens is 1. The molecule has 0 saturated heterocycles. The summed E-state index contributed by atoms with van der Waals surface area (Å²) in [5.74, 6) is 0.554. The normalized spacial score (nSPS) is 10.4. The molecular formula is C18H18Br2N2S. The molecule has 120 valence electrons. The van der Waals surface area contributed by atoms with E-state index in [1.54, 1.807) is 11.3 Å². The van der Waals surface area contributed by atoms with E-state index >= 15 is 0 Å². The lowest BCUT2D eigenvalue weighted by molar-refractivity contribution is 0.867. The monoisotopic (exact) mass is 452 g/mol. The van der Waals surface area contributed by atoms with E-state index < -0.39 is 0 Å². The van der Waals surface area contributed by atoms with E-state index in [-0.39, 0.29) is 17.0 Å². The molecular weight excluding hydrogens is 436 g/mol. The molecule has 23 heavy (non-hydrogen) atoms. The van der Waals surface area contributed by atoms with Gasteiger partial charge in [-0.05, 0) is 41.3 Å². The van der Waals surface area contributed by atoms with Crippen LogP contribution in [-0.2, 0) is 0 Å². The van der Waals surface area contributed by atoms with Gasteiger partial charge < -0.3 is 5.32 Å². The van der Waals surface area contributed by atoms with Crippen LogP contribution in [0.1, 0.15) is 25.3 Å². The second-order valence-corrected chi connectivity index (χ2v) is 7.38. The molecule has 1 aromatic heterocycles. The van der Waals surface area contributed by atoms with E-state index in [1.165, 1.54) is 11.1 Å². The van der Waals surface area contributed by atoms with E-state index in [0.717, 1.165) is 20.2 Å². The van der Waals surface area contributed by atoms with Crippen LogP contribution in [0.3, 0.4) is 0 Å². The molecule has 1 N–H and O–H groups in total. The summed E-state index contributed by atoms with van der Waals surface area (Å²) in [6.07, 6.45) is 1.92. The third-order valence-corrected chi connectivity index (χ3v) is 4.95. The van der Waals surface area contributed by atoms with Gasteiger partial charge in [-0.25, -0.2) is 4.98 Å². The molecule has 0 unspecified atom stereocenters. The maximum Gasteiger partial charge on any atom is 0.187 e. The molecule has 0 atom stereocenters. The Hall–Kier alpha value is -1.17. The van der Waals surface area contributed by atoms with Crippen LogP contribution in [0.4, 0.5) is 10.8 Å². The average Bonchev–Trinajstić information content (AvgIpc) is 2.97. The van der Waals surface area contributed by atoms with Crippen molar-refractivity contribution < 1.29 is 0 Å². The molecule has 2 aromatic carbocycles. The maximum absolute atomic E-state index is 4.46. The van der Waals surface area contributed by atoms with Crippen LogP contribution < -0.4 is 5.32 Å². The standard InChI is InChI=1S/C18H17BrN2S.BrH/c1-12(2)13-5-9-16(10-6-13)21-18-20-11-17(22-18)14-3-7-15(19)8-4-14;/h3-12H,1-2H3,(H,20,21);1H. The summed E-state index contributed by atoms with van der Waals surface area (Å²) in [6.45, 7) is 4.40. The molecule has 0 spiro atoms. The summed E-state index contributed by atoms with van der Waals surface area (Å²) in [5.41, 5.74) is 3.60. The Kier molecular flexibility index (Phi) is 6.39. The zero-order valence-electron chi connectivity index (χ0n) is 12.9. The highest BCUT2D eigenvalue weighted by Crippen LogP contribution is 2.31. The third-order valence-electron chi connectivity index (χ3n) is 3.46. The first-order chi connectivity index (χ1) is 10.6. The van der Waals surface area contributed by atoms with E-state index in [9.17, 15) is 0 Å². The van der Waals surface area contributed by atoms with Crippen molar-refractivity contribution in [3.63, 3.8) is 0 Å². The van der Waals surface area contributed by atoms with Crippen molar-refractivity contribution >= 4 is 55.1 Å². The third kappa shape index (κ3) is 4.66. The predicted octanol–water partition coefficient (Wildman–Crippen LogP) is 7.02. The van der Waals surface area contributed by atoms with Crippen molar-refractivity contribution in [3.05, 3.63) is 64.8 Å². The van der Waals surface area contributed by atoms with Crippen molar-refractivity contribution in [2.45, 2.75) is 19.8 Å². The van der Waals surface area contributed by atoms with Gasteiger partial charge in [0.25, 0.3) is 0 Å². The molecule has 0 saturated carbocycles. The van der Waals surface area contributed by atoms with Crippen LogP contribution in [0, 0.1) is 0 Å². The van der Waals surface area contributed by atoms with E-state index in [1.807, 2.05) is 18.3 Å². The van der Waals surface area contributed by atoms with Gasteiger partial charge in [0.1, 0.15) is 0 Å². The fourth-order valence-electron chi connectivity index (χ4n) is 2.15. The highest BCUT2D eigenvalue weighted by Gasteiger charge is 2.05. The number of hydrogen-bond donors (Lipinski definition) is 1. The molecule has 0 bridgehead atoms. The average molecular weight is 454 g/mol. The minimum absolute atomic E-state index is 0. The van der Waals surface area contributed by atoms with Crippen LogP contribution >= 0.6 is 44.2 Å². The summed E-state index contributed by atoms with van der Waals surface area (Å²) >= 11 is 5.12. The lowest BCUT2D eigenvalue weighted by atomic mass is 10.0. The zero-order valence-corrected chi connectivity index (χ0v) is 17.0. The van der Waals surface area contributed by atoms with E-state index in [4.69, 9.17) is 0 Å². The largest absolute Gasteiger partial charge is 0.332 e. The van der Waals surface area contributed by atoms with Gasteiger partial charge >= 0.3 is 0 Å².